The van der Waals surface area contributed by atoms with Crippen LogP contribution in [0.3, 0.4) is 0 Å². The van der Waals surface area contributed by atoms with Gasteiger partial charge < -0.3 is 25.7 Å². The van der Waals surface area contributed by atoms with E-state index in [1.165, 1.54) is 19.2 Å². The number of nitrogens with one attached hydrogen (secondary N) is 2. The molecule has 8 nitrogen and oxygen atoms in total. The SMILES string of the molecule is COc1ccc2nc(CCC3(C(N)=O)CC=C(c4cccc(C(F)(F)F)c4)C4=C3CN(C(=O)NCC(F)(F)F)CC4)[nH]c2c1. The van der Waals surface area contributed by atoms with Crippen LogP contribution in [0.4, 0.5) is 31.1 Å². The van der Waals surface area contributed by atoms with Crippen LogP contribution < -0.4 is 15.8 Å². The molecule has 2 aliphatic rings. The lowest BCUT2D eigenvalue weighted by molar-refractivity contribution is -0.137. The van der Waals surface area contributed by atoms with Gasteiger partial charge in [0, 0.05) is 25.6 Å². The topological polar surface area (TPSA) is 113 Å². The quantitative estimate of drug-likeness (QED) is 0.292. The molecule has 0 bridgehead atoms. The second-order valence-corrected chi connectivity index (χ2v) is 10.8. The Balaban J connectivity index is 1.52. The third-order valence-corrected chi connectivity index (χ3v) is 8.13. The maximum atomic E-state index is 13.5. The van der Waals surface area contributed by atoms with Crippen molar-refractivity contribution in [1.82, 2.24) is 20.2 Å². The fraction of sp³-hybridized carbons (Fsp3) is 0.367. The van der Waals surface area contributed by atoms with E-state index in [4.69, 9.17) is 10.5 Å². The summed E-state index contributed by atoms with van der Waals surface area (Å²) in [4.78, 5) is 34.9. The van der Waals surface area contributed by atoms with Crippen LogP contribution in [0.25, 0.3) is 16.6 Å². The highest BCUT2D eigenvalue weighted by Crippen LogP contribution is 2.49. The van der Waals surface area contributed by atoms with Gasteiger partial charge in [-0.1, -0.05) is 18.2 Å². The molecule has 44 heavy (non-hydrogen) atoms. The summed E-state index contributed by atoms with van der Waals surface area (Å²) in [5, 5.41) is 1.85. The summed E-state index contributed by atoms with van der Waals surface area (Å²) >= 11 is 0. The largest absolute Gasteiger partial charge is 0.497 e. The van der Waals surface area contributed by atoms with Gasteiger partial charge in [-0.15, -0.1) is 0 Å². The van der Waals surface area contributed by atoms with E-state index in [1.807, 2.05) is 5.32 Å². The molecule has 0 saturated carbocycles. The Kier molecular flexibility index (Phi) is 8.12. The third kappa shape index (κ3) is 6.24. The number of carbonyl (C=O) groups is 2. The van der Waals surface area contributed by atoms with E-state index in [0.29, 0.717) is 39.3 Å². The van der Waals surface area contributed by atoms with E-state index in [1.54, 1.807) is 24.3 Å². The van der Waals surface area contributed by atoms with Gasteiger partial charge in [-0.05, 0) is 65.8 Å². The molecule has 4 N–H and O–H groups in total. The van der Waals surface area contributed by atoms with Crippen LogP contribution in [0.5, 0.6) is 5.75 Å². The van der Waals surface area contributed by atoms with Crippen molar-refractivity contribution in [3.05, 3.63) is 76.6 Å². The molecule has 0 spiro atoms. The average Bonchev–Trinajstić information content (AvgIpc) is 3.39. The number of aromatic nitrogens is 2. The Labute approximate surface area is 247 Å². The summed E-state index contributed by atoms with van der Waals surface area (Å²) in [6, 6.07) is 9.07. The summed E-state index contributed by atoms with van der Waals surface area (Å²) in [7, 11) is 1.53. The smallest absolute Gasteiger partial charge is 0.416 e. The van der Waals surface area contributed by atoms with Crippen molar-refractivity contribution in [3.8, 4) is 5.75 Å². The molecule has 0 radical (unpaired) electrons. The standard InChI is InChI=1S/C30H29F6N5O3/c1-44-19-5-6-23-24(14-19)40-25(39-23)8-11-28(26(37)42)10-7-20(17-3-2-4-18(13-17)30(34,35)36)21-9-12-41(15-22(21)28)27(43)38-16-29(31,32)33/h2-7,13-14H,8-12,15-16H2,1H3,(H2,37,42)(H,38,43)(H,39,40). The molecular weight excluding hydrogens is 592 g/mol. The number of aromatic amines is 1. The van der Waals surface area contributed by atoms with Crippen molar-refractivity contribution in [3.63, 3.8) is 0 Å². The van der Waals surface area contributed by atoms with Gasteiger partial charge >= 0.3 is 18.4 Å². The van der Waals surface area contributed by atoms with Crippen LogP contribution in [-0.2, 0) is 17.4 Å². The fourth-order valence-electron chi connectivity index (χ4n) is 5.88. The molecule has 5 rings (SSSR count). The van der Waals surface area contributed by atoms with Gasteiger partial charge in [0.2, 0.25) is 5.91 Å². The van der Waals surface area contributed by atoms with Crippen LogP contribution in [0.1, 0.15) is 36.2 Å². The van der Waals surface area contributed by atoms with Gasteiger partial charge in [-0.3, -0.25) is 4.79 Å². The molecule has 2 aromatic carbocycles. The summed E-state index contributed by atoms with van der Waals surface area (Å²) in [5.74, 6) is 0.431. The number of H-pyrrole nitrogens is 1. The number of imidazole rings is 1. The van der Waals surface area contributed by atoms with Crippen molar-refractivity contribution in [2.75, 3.05) is 26.7 Å². The number of aryl methyl sites for hydroxylation is 1. The van der Waals surface area contributed by atoms with Crippen LogP contribution in [-0.4, -0.2) is 59.7 Å². The molecule has 1 aliphatic carbocycles. The molecule has 1 aromatic heterocycles. The van der Waals surface area contributed by atoms with Crippen molar-refractivity contribution in [2.45, 2.75) is 38.0 Å². The molecular formula is C30H29F6N5O3. The first-order valence-corrected chi connectivity index (χ1v) is 13.7. The summed E-state index contributed by atoms with van der Waals surface area (Å²) in [5.41, 5.74) is 6.84. The minimum Gasteiger partial charge on any atom is -0.497 e. The number of hydrogen-bond donors (Lipinski definition) is 3. The zero-order valence-corrected chi connectivity index (χ0v) is 23.5. The first kappa shape index (κ1) is 31.0. The van der Waals surface area contributed by atoms with E-state index >= 15 is 0 Å². The number of amides is 3. The zero-order valence-electron chi connectivity index (χ0n) is 23.5. The van der Waals surface area contributed by atoms with Gasteiger partial charge in [0.25, 0.3) is 0 Å². The summed E-state index contributed by atoms with van der Waals surface area (Å²) in [6.45, 7) is -1.78. The van der Waals surface area contributed by atoms with Crippen molar-refractivity contribution >= 4 is 28.5 Å². The number of alkyl halides is 6. The molecule has 234 valence electrons. The molecule has 3 amide bonds. The number of hydrogen-bond acceptors (Lipinski definition) is 4. The Morgan fingerprint density at radius 3 is 2.59 bits per heavy atom. The molecule has 14 heteroatoms. The molecule has 1 aliphatic heterocycles. The highest BCUT2D eigenvalue weighted by molar-refractivity contribution is 5.92. The number of primary amides is 1. The first-order valence-electron chi connectivity index (χ1n) is 13.7. The third-order valence-electron chi connectivity index (χ3n) is 8.13. The van der Waals surface area contributed by atoms with E-state index in [2.05, 4.69) is 9.97 Å². The van der Waals surface area contributed by atoms with Gasteiger partial charge in [-0.25, -0.2) is 9.78 Å². The summed E-state index contributed by atoms with van der Waals surface area (Å²) < 4.78 is 84.3. The average molecular weight is 622 g/mol. The fourth-order valence-corrected chi connectivity index (χ4v) is 5.88. The lowest BCUT2D eigenvalue weighted by Gasteiger charge is -2.43. The van der Waals surface area contributed by atoms with Gasteiger partial charge in [0.05, 0.1) is 29.1 Å². The Morgan fingerprint density at radius 1 is 1.14 bits per heavy atom. The van der Waals surface area contributed by atoms with Crippen LogP contribution in [0, 0.1) is 5.41 Å². The number of benzene rings is 2. The molecule has 2 heterocycles. The number of rotatable bonds is 7. The van der Waals surface area contributed by atoms with Crippen molar-refractivity contribution in [1.29, 1.82) is 0 Å². The normalized spacial score (nSPS) is 19.1. The Hall–Kier alpha value is -4.49. The number of ether oxygens (including phenoxy) is 1. The number of nitrogens with zero attached hydrogens (tertiary/aromatic N) is 2. The maximum absolute atomic E-state index is 13.5. The molecule has 3 aromatic rings. The number of urea groups is 1. The van der Waals surface area contributed by atoms with E-state index < -0.39 is 41.8 Å². The second kappa shape index (κ2) is 11.5. The number of fused-ring (bicyclic) bond motifs is 1. The molecule has 1 atom stereocenters. The lowest BCUT2D eigenvalue weighted by Crippen LogP contribution is -2.51. The lowest BCUT2D eigenvalue weighted by atomic mass is 9.65. The van der Waals surface area contributed by atoms with E-state index in [-0.39, 0.29) is 44.3 Å². The second-order valence-electron chi connectivity index (χ2n) is 10.8. The Morgan fingerprint density at radius 2 is 1.91 bits per heavy atom. The predicted molar refractivity (Wildman–Crippen MR) is 149 cm³/mol. The highest BCUT2D eigenvalue weighted by atomic mass is 19.4. The Bertz CT molecular complexity index is 1660. The van der Waals surface area contributed by atoms with Crippen molar-refractivity contribution < 1.29 is 40.7 Å². The minimum atomic E-state index is -4.63. The maximum Gasteiger partial charge on any atom is 0.416 e. The van der Waals surface area contributed by atoms with Gasteiger partial charge in [0.1, 0.15) is 18.1 Å². The number of halogens is 6. The summed E-state index contributed by atoms with van der Waals surface area (Å²) in [6.07, 6.45) is -7.06. The number of carbonyl (C=O) groups excluding carboxylic acids is 2. The molecule has 0 fully saturated rings. The van der Waals surface area contributed by atoms with Crippen molar-refractivity contribution in [2.24, 2.45) is 11.1 Å². The van der Waals surface area contributed by atoms with E-state index in [0.717, 1.165) is 17.0 Å². The number of methoxy groups -OCH3 is 1. The number of allylic oxidation sites excluding steroid dienone is 2. The number of nitrogens with two attached hydrogens (primary N) is 1. The van der Waals surface area contributed by atoms with E-state index in [9.17, 15) is 35.9 Å². The molecule has 1 unspecified atom stereocenters. The zero-order chi connectivity index (χ0) is 31.9. The molecule has 0 saturated heterocycles. The monoisotopic (exact) mass is 621 g/mol. The van der Waals surface area contributed by atoms with Crippen LogP contribution in [0.2, 0.25) is 0 Å². The van der Waals surface area contributed by atoms with Gasteiger partial charge in [0.15, 0.2) is 0 Å². The predicted octanol–water partition coefficient (Wildman–Crippen LogP) is 5.76. The first-order chi connectivity index (χ1) is 20.7. The van der Waals surface area contributed by atoms with Crippen LogP contribution in [0.15, 0.2) is 59.7 Å². The van der Waals surface area contributed by atoms with Gasteiger partial charge in [-0.2, -0.15) is 26.3 Å². The highest BCUT2D eigenvalue weighted by Gasteiger charge is 2.46. The van der Waals surface area contributed by atoms with Crippen LogP contribution >= 0.6 is 0 Å². The minimum absolute atomic E-state index is 0.0127.